The number of hydrogen-bond acceptors (Lipinski definition) is 4. The standard InChI is InChI=1S/C17H27NO3/c1-4-7-15(19-5-2)17(18-3)13-8-9-14-16(12-13)21-11-6-10-20-14/h8-9,12,15,17-18H,4-7,10-11H2,1-3H3. The van der Waals surface area contributed by atoms with Gasteiger partial charge in [0.1, 0.15) is 0 Å². The van der Waals surface area contributed by atoms with E-state index in [1.54, 1.807) is 0 Å². The molecule has 0 fully saturated rings. The summed E-state index contributed by atoms with van der Waals surface area (Å²) in [5.41, 5.74) is 1.19. The SMILES string of the molecule is CCCC(OCC)C(NC)c1ccc2c(c1)OCCCO2. The largest absolute Gasteiger partial charge is 0.490 e. The van der Waals surface area contributed by atoms with Crippen LogP contribution in [0.5, 0.6) is 11.5 Å². The molecule has 0 spiro atoms. The monoisotopic (exact) mass is 293 g/mol. The molecule has 0 aromatic heterocycles. The smallest absolute Gasteiger partial charge is 0.161 e. The van der Waals surface area contributed by atoms with Gasteiger partial charge >= 0.3 is 0 Å². The Balaban J connectivity index is 2.22. The van der Waals surface area contributed by atoms with E-state index in [1.807, 2.05) is 20.0 Å². The third-order valence-electron chi connectivity index (χ3n) is 3.77. The molecule has 1 aromatic carbocycles. The molecule has 2 unspecified atom stereocenters. The first-order valence-corrected chi connectivity index (χ1v) is 7.98. The van der Waals surface area contributed by atoms with Gasteiger partial charge in [0.05, 0.1) is 25.4 Å². The fourth-order valence-corrected chi connectivity index (χ4v) is 2.79. The van der Waals surface area contributed by atoms with Crippen molar-refractivity contribution >= 4 is 0 Å². The molecule has 21 heavy (non-hydrogen) atoms. The van der Waals surface area contributed by atoms with E-state index in [0.717, 1.165) is 44.0 Å². The van der Waals surface area contributed by atoms with Gasteiger partial charge in [-0.2, -0.15) is 0 Å². The summed E-state index contributed by atoms with van der Waals surface area (Å²) in [7, 11) is 1.98. The lowest BCUT2D eigenvalue weighted by atomic mass is 9.97. The minimum atomic E-state index is 0.169. The maximum atomic E-state index is 5.92. The van der Waals surface area contributed by atoms with Crippen molar-refractivity contribution in [2.75, 3.05) is 26.9 Å². The van der Waals surface area contributed by atoms with Gasteiger partial charge in [0, 0.05) is 13.0 Å². The Morgan fingerprint density at radius 1 is 1.19 bits per heavy atom. The molecule has 2 rings (SSSR count). The molecule has 0 saturated carbocycles. The summed E-state index contributed by atoms with van der Waals surface area (Å²) in [6.07, 6.45) is 3.24. The molecule has 1 heterocycles. The molecule has 118 valence electrons. The Bertz CT molecular complexity index is 430. The fourth-order valence-electron chi connectivity index (χ4n) is 2.79. The normalized spacial score (nSPS) is 17.1. The van der Waals surface area contributed by atoms with E-state index in [4.69, 9.17) is 14.2 Å². The van der Waals surface area contributed by atoms with Crippen LogP contribution >= 0.6 is 0 Å². The molecule has 1 N–H and O–H groups in total. The highest BCUT2D eigenvalue weighted by atomic mass is 16.5. The molecule has 1 aliphatic heterocycles. The van der Waals surface area contributed by atoms with Crippen LogP contribution in [-0.2, 0) is 4.74 Å². The zero-order chi connectivity index (χ0) is 15.1. The van der Waals surface area contributed by atoms with Crippen molar-refractivity contribution in [2.45, 2.75) is 45.3 Å². The third kappa shape index (κ3) is 4.11. The van der Waals surface area contributed by atoms with E-state index in [1.165, 1.54) is 5.56 Å². The second-order valence-corrected chi connectivity index (χ2v) is 5.31. The number of ether oxygens (including phenoxy) is 3. The molecule has 4 heteroatoms. The molecule has 0 aliphatic carbocycles. The molecule has 1 aliphatic rings. The molecule has 0 radical (unpaired) electrons. The van der Waals surface area contributed by atoms with Crippen molar-refractivity contribution in [1.82, 2.24) is 5.32 Å². The number of nitrogens with one attached hydrogen (secondary N) is 1. The maximum Gasteiger partial charge on any atom is 0.161 e. The number of rotatable bonds is 7. The van der Waals surface area contributed by atoms with Gasteiger partial charge in [0.2, 0.25) is 0 Å². The van der Waals surface area contributed by atoms with Crippen LogP contribution in [-0.4, -0.2) is 33.0 Å². The third-order valence-corrected chi connectivity index (χ3v) is 3.77. The van der Waals surface area contributed by atoms with Crippen molar-refractivity contribution < 1.29 is 14.2 Å². The predicted octanol–water partition coefficient (Wildman–Crippen LogP) is 3.31. The lowest BCUT2D eigenvalue weighted by Crippen LogP contribution is -2.31. The summed E-state index contributed by atoms with van der Waals surface area (Å²) < 4.78 is 17.4. The summed E-state index contributed by atoms with van der Waals surface area (Å²) in [6, 6.07) is 6.37. The Hall–Kier alpha value is -1.26. The summed E-state index contributed by atoms with van der Waals surface area (Å²) in [6.45, 7) is 6.40. The lowest BCUT2D eigenvalue weighted by molar-refractivity contribution is 0.0295. The summed E-state index contributed by atoms with van der Waals surface area (Å²) in [5.74, 6) is 1.69. The van der Waals surface area contributed by atoms with E-state index in [2.05, 4.69) is 24.4 Å². The first-order chi connectivity index (χ1) is 10.3. The quantitative estimate of drug-likeness (QED) is 0.837. The second-order valence-electron chi connectivity index (χ2n) is 5.31. The number of fused-ring (bicyclic) bond motifs is 1. The Morgan fingerprint density at radius 2 is 1.95 bits per heavy atom. The highest BCUT2D eigenvalue weighted by Gasteiger charge is 2.23. The summed E-state index contributed by atoms with van der Waals surface area (Å²) in [5, 5.41) is 3.39. The Labute approximate surface area is 127 Å². The minimum absolute atomic E-state index is 0.169. The Morgan fingerprint density at radius 3 is 2.62 bits per heavy atom. The van der Waals surface area contributed by atoms with Crippen molar-refractivity contribution in [3.05, 3.63) is 23.8 Å². The molecule has 4 nitrogen and oxygen atoms in total. The average Bonchev–Trinajstić information content (AvgIpc) is 2.73. The average molecular weight is 293 g/mol. The van der Waals surface area contributed by atoms with Crippen molar-refractivity contribution in [1.29, 1.82) is 0 Å². The molecule has 0 amide bonds. The zero-order valence-corrected chi connectivity index (χ0v) is 13.4. The van der Waals surface area contributed by atoms with Gasteiger partial charge in [-0.1, -0.05) is 19.4 Å². The van der Waals surface area contributed by atoms with Crippen molar-refractivity contribution in [3.63, 3.8) is 0 Å². The maximum absolute atomic E-state index is 5.92. The van der Waals surface area contributed by atoms with Crippen LogP contribution in [0, 0.1) is 0 Å². The van der Waals surface area contributed by atoms with Gasteiger partial charge in [-0.05, 0) is 38.1 Å². The predicted molar refractivity (Wildman–Crippen MR) is 84.2 cm³/mol. The fraction of sp³-hybridized carbons (Fsp3) is 0.647. The van der Waals surface area contributed by atoms with Gasteiger partial charge in [0.15, 0.2) is 11.5 Å². The van der Waals surface area contributed by atoms with Crippen LogP contribution in [0.3, 0.4) is 0 Å². The van der Waals surface area contributed by atoms with Gasteiger partial charge in [-0.25, -0.2) is 0 Å². The molecular weight excluding hydrogens is 266 g/mol. The van der Waals surface area contributed by atoms with Crippen LogP contribution < -0.4 is 14.8 Å². The van der Waals surface area contributed by atoms with E-state index in [9.17, 15) is 0 Å². The lowest BCUT2D eigenvalue weighted by Gasteiger charge is -2.27. The van der Waals surface area contributed by atoms with Crippen LogP contribution in [0.2, 0.25) is 0 Å². The van der Waals surface area contributed by atoms with Crippen molar-refractivity contribution in [2.24, 2.45) is 0 Å². The Kier molecular flexibility index (Phi) is 6.33. The molecule has 2 atom stereocenters. The highest BCUT2D eigenvalue weighted by Crippen LogP contribution is 2.34. The highest BCUT2D eigenvalue weighted by molar-refractivity contribution is 5.44. The molecule has 0 bridgehead atoms. The van der Waals surface area contributed by atoms with Crippen LogP contribution in [0.25, 0.3) is 0 Å². The van der Waals surface area contributed by atoms with Gasteiger partial charge in [0.25, 0.3) is 0 Å². The van der Waals surface area contributed by atoms with Crippen molar-refractivity contribution in [3.8, 4) is 11.5 Å². The number of hydrogen-bond donors (Lipinski definition) is 1. The van der Waals surface area contributed by atoms with Gasteiger partial charge < -0.3 is 19.5 Å². The topological polar surface area (TPSA) is 39.7 Å². The van der Waals surface area contributed by atoms with Crippen LogP contribution in [0.15, 0.2) is 18.2 Å². The van der Waals surface area contributed by atoms with Crippen LogP contribution in [0.4, 0.5) is 0 Å². The molecular formula is C17H27NO3. The number of benzene rings is 1. The van der Waals surface area contributed by atoms with E-state index in [0.29, 0.717) is 6.61 Å². The number of likely N-dealkylation sites (N-methyl/N-ethyl adjacent to an activating group) is 1. The van der Waals surface area contributed by atoms with E-state index < -0.39 is 0 Å². The first-order valence-electron chi connectivity index (χ1n) is 7.98. The summed E-state index contributed by atoms with van der Waals surface area (Å²) >= 11 is 0. The van der Waals surface area contributed by atoms with E-state index >= 15 is 0 Å². The van der Waals surface area contributed by atoms with Gasteiger partial charge in [-0.15, -0.1) is 0 Å². The van der Waals surface area contributed by atoms with Crippen LogP contribution in [0.1, 0.15) is 44.7 Å². The second kappa shape index (κ2) is 8.25. The zero-order valence-electron chi connectivity index (χ0n) is 13.4. The summed E-state index contributed by atoms with van der Waals surface area (Å²) in [4.78, 5) is 0. The van der Waals surface area contributed by atoms with E-state index in [-0.39, 0.29) is 12.1 Å². The first kappa shape index (κ1) is 16.1. The minimum Gasteiger partial charge on any atom is -0.490 e. The molecule has 1 aromatic rings. The molecule has 0 saturated heterocycles. The van der Waals surface area contributed by atoms with Gasteiger partial charge in [-0.3, -0.25) is 0 Å².